The van der Waals surface area contributed by atoms with Gasteiger partial charge in [0.25, 0.3) is 0 Å². The highest BCUT2D eigenvalue weighted by Crippen LogP contribution is 2.17. The van der Waals surface area contributed by atoms with Crippen LogP contribution in [0.2, 0.25) is 0 Å². The number of carbonyl (C=O) groups excluding carboxylic acids is 3. The van der Waals surface area contributed by atoms with Crippen LogP contribution in [0.15, 0.2) is 0 Å². The van der Waals surface area contributed by atoms with Gasteiger partial charge in [-0.25, -0.2) is 0 Å². The van der Waals surface area contributed by atoms with Gasteiger partial charge in [0.15, 0.2) is 6.10 Å². The van der Waals surface area contributed by atoms with Crippen LogP contribution in [0.3, 0.4) is 0 Å². The van der Waals surface area contributed by atoms with Crippen molar-refractivity contribution in [3.63, 3.8) is 0 Å². The molecule has 0 heterocycles. The summed E-state index contributed by atoms with van der Waals surface area (Å²) in [6.07, 6.45) is 49.4. The monoisotopic (exact) mass is 835 g/mol. The summed E-state index contributed by atoms with van der Waals surface area (Å²) in [7, 11) is 0. The minimum atomic E-state index is -0.760. The van der Waals surface area contributed by atoms with Crippen molar-refractivity contribution in [2.45, 2.75) is 303 Å². The first-order valence-corrected chi connectivity index (χ1v) is 26.4. The van der Waals surface area contributed by atoms with E-state index in [1.807, 2.05) is 0 Å². The summed E-state index contributed by atoms with van der Waals surface area (Å²) in [6, 6.07) is 0. The molecule has 0 aromatic carbocycles. The van der Waals surface area contributed by atoms with Crippen LogP contribution in [0.4, 0.5) is 0 Å². The van der Waals surface area contributed by atoms with Crippen molar-refractivity contribution in [1.29, 1.82) is 0 Å². The minimum absolute atomic E-state index is 0.0625. The summed E-state index contributed by atoms with van der Waals surface area (Å²) in [5.74, 6) is 0.00414. The average molecular weight is 835 g/mol. The van der Waals surface area contributed by atoms with Crippen LogP contribution >= 0.6 is 0 Å². The Morgan fingerprint density at radius 2 is 0.559 bits per heavy atom. The summed E-state index contributed by atoms with van der Waals surface area (Å²) in [5, 5.41) is 0. The Kier molecular flexibility index (Phi) is 46.2. The fraction of sp³-hybridized carbons (Fsp3) is 0.943. The molecule has 0 aromatic heterocycles. The third-order valence-corrected chi connectivity index (χ3v) is 12.0. The first-order chi connectivity index (χ1) is 28.9. The second kappa shape index (κ2) is 47.5. The summed E-state index contributed by atoms with van der Waals surface area (Å²) < 4.78 is 16.8. The zero-order valence-electron chi connectivity index (χ0n) is 40.2. The van der Waals surface area contributed by atoms with Gasteiger partial charge in [0.2, 0.25) is 0 Å². The van der Waals surface area contributed by atoms with Crippen molar-refractivity contribution in [3.05, 3.63) is 0 Å². The Morgan fingerprint density at radius 3 is 0.831 bits per heavy atom. The molecule has 0 bridgehead atoms. The van der Waals surface area contributed by atoms with Crippen LogP contribution in [-0.2, 0) is 28.6 Å². The molecule has 0 saturated heterocycles. The van der Waals surface area contributed by atoms with Crippen LogP contribution < -0.4 is 0 Å². The van der Waals surface area contributed by atoms with E-state index in [-0.39, 0.29) is 31.1 Å². The molecule has 6 heteroatoms. The van der Waals surface area contributed by atoms with E-state index in [4.69, 9.17) is 14.2 Å². The first kappa shape index (κ1) is 57.4. The molecule has 0 aliphatic carbocycles. The quantitative estimate of drug-likeness (QED) is 0.0345. The molecule has 0 aromatic rings. The lowest BCUT2D eigenvalue weighted by Crippen LogP contribution is -2.30. The molecule has 0 N–H and O–H groups in total. The molecule has 1 atom stereocenters. The zero-order valence-corrected chi connectivity index (χ0v) is 40.2. The fourth-order valence-electron chi connectivity index (χ4n) is 8.04. The minimum Gasteiger partial charge on any atom is -0.462 e. The van der Waals surface area contributed by atoms with Crippen LogP contribution in [0.1, 0.15) is 297 Å². The third kappa shape index (κ3) is 47.3. The summed E-state index contributed by atoms with van der Waals surface area (Å²) in [5.41, 5.74) is 0. The van der Waals surface area contributed by atoms with E-state index in [1.54, 1.807) is 0 Å². The van der Waals surface area contributed by atoms with Crippen LogP contribution in [0, 0.1) is 5.92 Å². The molecule has 0 aliphatic heterocycles. The topological polar surface area (TPSA) is 78.9 Å². The molecule has 59 heavy (non-hydrogen) atoms. The van der Waals surface area contributed by atoms with E-state index in [2.05, 4.69) is 27.7 Å². The van der Waals surface area contributed by atoms with E-state index in [9.17, 15) is 14.4 Å². The Morgan fingerprint density at radius 1 is 0.322 bits per heavy atom. The number of hydrogen-bond donors (Lipinski definition) is 0. The molecule has 0 amide bonds. The highest BCUT2D eigenvalue weighted by atomic mass is 16.6. The van der Waals surface area contributed by atoms with Gasteiger partial charge in [-0.3, -0.25) is 14.4 Å². The van der Waals surface area contributed by atoms with Gasteiger partial charge >= 0.3 is 17.9 Å². The van der Waals surface area contributed by atoms with Crippen LogP contribution in [-0.4, -0.2) is 37.2 Å². The first-order valence-electron chi connectivity index (χ1n) is 26.4. The number of esters is 3. The Labute approximate surface area is 368 Å². The van der Waals surface area contributed by atoms with Gasteiger partial charge in [-0.2, -0.15) is 0 Å². The third-order valence-electron chi connectivity index (χ3n) is 12.0. The van der Waals surface area contributed by atoms with Crippen molar-refractivity contribution < 1.29 is 28.6 Å². The molecule has 0 unspecified atom stereocenters. The van der Waals surface area contributed by atoms with Crippen molar-refractivity contribution in [3.8, 4) is 0 Å². The highest BCUT2D eigenvalue weighted by molar-refractivity contribution is 5.71. The van der Waals surface area contributed by atoms with Crippen LogP contribution in [0.25, 0.3) is 0 Å². The van der Waals surface area contributed by atoms with Gasteiger partial charge in [0.05, 0.1) is 0 Å². The number of unbranched alkanes of at least 4 members (excludes halogenated alkanes) is 35. The SMILES string of the molecule is CCCCCCCCCCCCCCCC(=O)OC[C@@H](COC(=O)CCCCCCCCCCCC)OC(=O)CCCCCCCCCCCCCCCCCC(C)C. The largest absolute Gasteiger partial charge is 0.462 e. The van der Waals surface area contributed by atoms with E-state index >= 15 is 0 Å². The molecule has 0 spiro atoms. The van der Waals surface area contributed by atoms with E-state index < -0.39 is 6.10 Å². The lowest BCUT2D eigenvalue weighted by Gasteiger charge is -2.18. The second-order valence-corrected chi connectivity index (χ2v) is 18.6. The van der Waals surface area contributed by atoms with Gasteiger partial charge in [0.1, 0.15) is 13.2 Å². The maximum absolute atomic E-state index is 12.8. The van der Waals surface area contributed by atoms with Crippen LogP contribution in [0.5, 0.6) is 0 Å². The molecule has 0 aliphatic rings. The second-order valence-electron chi connectivity index (χ2n) is 18.6. The Balaban J connectivity index is 4.26. The molecular weight excluding hydrogens is 733 g/mol. The number of ether oxygens (including phenoxy) is 3. The number of carbonyl (C=O) groups is 3. The summed E-state index contributed by atoms with van der Waals surface area (Å²) in [4.78, 5) is 37.9. The zero-order chi connectivity index (χ0) is 43.1. The maximum Gasteiger partial charge on any atom is 0.306 e. The predicted molar refractivity (Wildman–Crippen MR) is 252 cm³/mol. The molecule has 0 radical (unpaired) electrons. The highest BCUT2D eigenvalue weighted by Gasteiger charge is 2.19. The Hall–Kier alpha value is -1.59. The molecular formula is C53H102O6. The lowest BCUT2D eigenvalue weighted by molar-refractivity contribution is -0.167. The van der Waals surface area contributed by atoms with Crippen molar-refractivity contribution >= 4 is 17.9 Å². The Bertz CT molecular complexity index is 887. The normalized spacial score (nSPS) is 11.9. The molecule has 0 fully saturated rings. The fourth-order valence-corrected chi connectivity index (χ4v) is 8.04. The predicted octanol–water partition coefficient (Wildman–Crippen LogP) is 17.1. The molecule has 6 nitrogen and oxygen atoms in total. The lowest BCUT2D eigenvalue weighted by atomic mass is 10.0. The van der Waals surface area contributed by atoms with E-state index in [0.717, 1.165) is 63.7 Å². The van der Waals surface area contributed by atoms with Crippen molar-refractivity contribution in [2.75, 3.05) is 13.2 Å². The van der Waals surface area contributed by atoms with Crippen molar-refractivity contribution in [1.82, 2.24) is 0 Å². The van der Waals surface area contributed by atoms with E-state index in [0.29, 0.717) is 19.3 Å². The maximum atomic E-state index is 12.8. The smallest absolute Gasteiger partial charge is 0.306 e. The average Bonchev–Trinajstić information content (AvgIpc) is 3.22. The standard InChI is InChI=1S/C53H102O6/c1-5-7-9-11-13-15-17-21-25-29-33-37-41-45-52(55)58-48-50(47-57-51(54)44-40-36-32-28-16-14-12-10-8-6-2)59-53(56)46-42-38-34-30-26-23-20-18-19-22-24-27-31-35-39-43-49(3)4/h49-50H,5-48H2,1-4H3/t50-/m1/s1. The van der Waals surface area contributed by atoms with Gasteiger partial charge in [-0.1, -0.05) is 259 Å². The number of hydrogen-bond acceptors (Lipinski definition) is 6. The van der Waals surface area contributed by atoms with E-state index in [1.165, 1.54) is 193 Å². The van der Waals surface area contributed by atoms with Gasteiger partial charge in [0, 0.05) is 19.3 Å². The van der Waals surface area contributed by atoms with Crippen molar-refractivity contribution in [2.24, 2.45) is 5.92 Å². The van der Waals surface area contributed by atoms with Gasteiger partial charge < -0.3 is 14.2 Å². The summed E-state index contributed by atoms with van der Waals surface area (Å²) in [6.45, 7) is 9.03. The summed E-state index contributed by atoms with van der Waals surface area (Å²) >= 11 is 0. The number of rotatable bonds is 48. The molecule has 0 saturated carbocycles. The van der Waals surface area contributed by atoms with Gasteiger partial charge in [-0.05, 0) is 25.2 Å². The molecule has 350 valence electrons. The molecule has 0 rings (SSSR count). The van der Waals surface area contributed by atoms with Gasteiger partial charge in [-0.15, -0.1) is 0 Å².